The summed E-state index contributed by atoms with van der Waals surface area (Å²) in [5.41, 5.74) is 1.78. The lowest BCUT2D eigenvalue weighted by molar-refractivity contribution is -0.189. The molecule has 0 aliphatic carbocycles. The first-order valence-electron chi connectivity index (χ1n) is 7.83. The Hall–Kier alpha value is -1.85. The molecule has 22 heavy (non-hydrogen) atoms. The number of hydrogen-bond acceptors (Lipinski definition) is 3. The van der Waals surface area contributed by atoms with Crippen molar-refractivity contribution in [2.45, 2.75) is 31.7 Å². The van der Waals surface area contributed by atoms with E-state index in [9.17, 15) is 4.79 Å². The smallest absolute Gasteiger partial charge is 0.255 e. The summed E-state index contributed by atoms with van der Waals surface area (Å²) in [6, 6.07) is 7.88. The van der Waals surface area contributed by atoms with E-state index >= 15 is 0 Å². The van der Waals surface area contributed by atoms with Crippen molar-refractivity contribution in [3.05, 3.63) is 42.2 Å². The van der Waals surface area contributed by atoms with Gasteiger partial charge in [0.2, 0.25) is 0 Å². The SMILES string of the molecule is C[C@H]1COC2(CCN(C(=O)c3cc4ccccn4c3)CC2)O1. The number of fused-ring (bicyclic) bond motifs is 1. The van der Waals surface area contributed by atoms with E-state index in [1.807, 2.05) is 52.9 Å². The van der Waals surface area contributed by atoms with Crippen molar-refractivity contribution in [3.63, 3.8) is 0 Å². The Balaban J connectivity index is 1.48. The van der Waals surface area contributed by atoms with Crippen molar-refractivity contribution < 1.29 is 14.3 Å². The maximum atomic E-state index is 12.7. The molecule has 2 aromatic heterocycles. The molecule has 1 atom stereocenters. The molecule has 0 saturated carbocycles. The number of hydrogen-bond donors (Lipinski definition) is 0. The number of rotatable bonds is 1. The van der Waals surface area contributed by atoms with E-state index in [1.165, 1.54) is 0 Å². The lowest BCUT2D eigenvalue weighted by Gasteiger charge is -2.37. The number of nitrogens with zero attached hydrogens (tertiary/aromatic N) is 2. The normalized spacial score (nSPS) is 24.2. The van der Waals surface area contributed by atoms with Crippen LogP contribution >= 0.6 is 0 Å². The number of aromatic nitrogens is 1. The number of amides is 1. The number of ether oxygens (including phenoxy) is 2. The second kappa shape index (κ2) is 5.11. The molecule has 2 fully saturated rings. The number of carbonyl (C=O) groups excluding carboxylic acids is 1. The van der Waals surface area contributed by atoms with Crippen LogP contribution in [0.4, 0.5) is 0 Å². The molecule has 4 heterocycles. The van der Waals surface area contributed by atoms with Crippen LogP contribution in [0.1, 0.15) is 30.1 Å². The first kappa shape index (κ1) is 13.8. The van der Waals surface area contributed by atoms with Crippen LogP contribution in [0.5, 0.6) is 0 Å². The molecule has 0 N–H and O–H groups in total. The first-order valence-corrected chi connectivity index (χ1v) is 7.83. The Morgan fingerprint density at radius 1 is 1.32 bits per heavy atom. The van der Waals surface area contributed by atoms with Crippen LogP contribution in [-0.2, 0) is 9.47 Å². The Labute approximate surface area is 129 Å². The summed E-state index contributed by atoms with van der Waals surface area (Å²) in [7, 11) is 0. The van der Waals surface area contributed by atoms with Crippen LogP contribution in [0.3, 0.4) is 0 Å². The third-order valence-corrected chi connectivity index (χ3v) is 4.56. The molecule has 5 nitrogen and oxygen atoms in total. The highest BCUT2D eigenvalue weighted by Gasteiger charge is 2.43. The van der Waals surface area contributed by atoms with Crippen molar-refractivity contribution in [1.29, 1.82) is 0 Å². The van der Waals surface area contributed by atoms with Crippen molar-refractivity contribution in [1.82, 2.24) is 9.30 Å². The molecule has 0 aromatic carbocycles. The Morgan fingerprint density at radius 2 is 2.14 bits per heavy atom. The van der Waals surface area contributed by atoms with Gasteiger partial charge in [-0.3, -0.25) is 4.79 Å². The summed E-state index contributed by atoms with van der Waals surface area (Å²) in [4.78, 5) is 14.6. The Bertz CT molecular complexity index is 668. The minimum atomic E-state index is -0.457. The first-order chi connectivity index (χ1) is 10.7. The highest BCUT2D eigenvalue weighted by molar-refractivity contribution is 5.95. The molecule has 2 saturated heterocycles. The minimum Gasteiger partial charge on any atom is -0.347 e. The van der Waals surface area contributed by atoms with Crippen LogP contribution in [0.2, 0.25) is 0 Å². The fourth-order valence-electron chi connectivity index (χ4n) is 3.37. The number of piperidine rings is 1. The average molecular weight is 300 g/mol. The molecule has 2 aliphatic heterocycles. The molecule has 116 valence electrons. The van der Waals surface area contributed by atoms with Gasteiger partial charge < -0.3 is 18.8 Å². The summed E-state index contributed by atoms with van der Waals surface area (Å²) >= 11 is 0. The third kappa shape index (κ3) is 2.30. The monoisotopic (exact) mass is 300 g/mol. The molecule has 0 radical (unpaired) electrons. The maximum absolute atomic E-state index is 12.7. The highest BCUT2D eigenvalue weighted by Crippen LogP contribution is 2.34. The van der Waals surface area contributed by atoms with Crippen molar-refractivity contribution in [2.75, 3.05) is 19.7 Å². The molecule has 0 unspecified atom stereocenters. The van der Waals surface area contributed by atoms with Gasteiger partial charge in [0.1, 0.15) is 0 Å². The van der Waals surface area contributed by atoms with E-state index in [0.29, 0.717) is 19.7 Å². The second-order valence-electron chi connectivity index (χ2n) is 6.20. The molecular formula is C17H20N2O3. The van der Waals surface area contributed by atoms with Crippen molar-refractivity contribution >= 4 is 11.4 Å². The summed E-state index contributed by atoms with van der Waals surface area (Å²) in [5, 5.41) is 0. The van der Waals surface area contributed by atoms with Gasteiger partial charge in [0.25, 0.3) is 5.91 Å². The Kier molecular flexibility index (Phi) is 3.20. The Morgan fingerprint density at radius 3 is 2.82 bits per heavy atom. The summed E-state index contributed by atoms with van der Waals surface area (Å²) in [6.07, 6.45) is 5.50. The van der Waals surface area contributed by atoms with Crippen molar-refractivity contribution in [3.8, 4) is 0 Å². The second-order valence-corrected chi connectivity index (χ2v) is 6.20. The van der Waals surface area contributed by atoms with Crippen LogP contribution in [-0.4, -0.2) is 46.8 Å². The lowest BCUT2D eigenvalue weighted by atomic mass is 10.0. The molecular weight excluding hydrogens is 280 g/mol. The molecule has 4 rings (SSSR count). The molecule has 1 spiro atoms. The van der Waals surface area contributed by atoms with E-state index in [1.54, 1.807) is 0 Å². The highest BCUT2D eigenvalue weighted by atomic mass is 16.7. The number of likely N-dealkylation sites (tertiary alicyclic amines) is 1. The largest absolute Gasteiger partial charge is 0.347 e. The minimum absolute atomic E-state index is 0.0876. The molecule has 0 bridgehead atoms. The molecule has 5 heteroatoms. The van der Waals surface area contributed by atoms with E-state index < -0.39 is 5.79 Å². The lowest BCUT2D eigenvalue weighted by Crippen LogP contribution is -2.47. The van der Waals surface area contributed by atoms with Gasteiger partial charge >= 0.3 is 0 Å². The molecule has 2 aromatic rings. The van der Waals surface area contributed by atoms with E-state index in [-0.39, 0.29) is 12.0 Å². The topological polar surface area (TPSA) is 43.2 Å². The third-order valence-electron chi connectivity index (χ3n) is 4.56. The summed E-state index contributed by atoms with van der Waals surface area (Å²) in [6.45, 7) is 4.04. The van der Waals surface area contributed by atoms with Gasteiger partial charge in [0.15, 0.2) is 5.79 Å². The van der Waals surface area contributed by atoms with Crippen molar-refractivity contribution in [2.24, 2.45) is 0 Å². The fraction of sp³-hybridized carbons (Fsp3) is 0.471. The van der Waals surface area contributed by atoms with Gasteiger partial charge in [-0.1, -0.05) is 6.07 Å². The molecule has 1 amide bonds. The predicted octanol–water partition coefficient (Wildman–Crippen LogP) is 2.31. The van der Waals surface area contributed by atoms with Crippen LogP contribution in [0.15, 0.2) is 36.7 Å². The van der Waals surface area contributed by atoms with Gasteiger partial charge in [-0.25, -0.2) is 0 Å². The van der Waals surface area contributed by atoms with E-state index in [2.05, 4.69) is 0 Å². The van der Waals surface area contributed by atoms with Crippen LogP contribution in [0.25, 0.3) is 5.52 Å². The van der Waals surface area contributed by atoms with Gasteiger partial charge in [0.05, 0.1) is 18.3 Å². The molecule has 2 aliphatic rings. The standard InChI is InChI=1S/C17H20N2O3/c1-13-12-21-17(22-13)5-8-18(9-6-17)16(20)14-10-15-4-2-3-7-19(15)11-14/h2-4,7,10-11,13H,5-6,8-9,12H2,1H3/t13-/m0/s1. The number of carbonyl (C=O) groups is 1. The van der Waals surface area contributed by atoms with Crippen LogP contribution in [0, 0.1) is 0 Å². The van der Waals surface area contributed by atoms with Gasteiger partial charge in [-0.2, -0.15) is 0 Å². The fourth-order valence-corrected chi connectivity index (χ4v) is 3.37. The average Bonchev–Trinajstić information content (AvgIpc) is 3.11. The maximum Gasteiger partial charge on any atom is 0.255 e. The van der Waals surface area contributed by atoms with E-state index in [4.69, 9.17) is 9.47 Å². The zero-order chi connectivity index (χ0) is 15.2. The summed E-state index contributed by atoms with van der Waals surface area (Å²) < 4.78 is 13.7. The quantitative estimate of drug-likeness (QED) is 0.811. The zero-order valence-corrected chi connectivity index (χ0v) is 12.7. The van der Waals surface area contributed by atoms with Gasteiger partial charge in [-0.15, -0.1) is 0 Å². The summed E-state index contributed by atoms with van der Waals surface area (Å²) in [5.74, 6) is -0.369. The van der Waals surface area contributed by atoms with Gasteiger partial charge in [-0.05, 0) is 25.1 Å². The van der Waals surface area contributed by atoms with Gasteiger partial charge in [0, 0.05) is 43.8 Å². The van der Waals surface area contributed by atoms with E-state index in [0.717, 1.165) is 23.9 Å². The number of pyridine rings is 1. The van der Waals surface area contributed by atoms with Crippen LogP contribution < -0.4 is 0 Å². The predicted molar refractivity (Wildman–Crippen MR) is 81.8 cm³/mol. The zero-order valence-electron chi connectivity index (χ0n) is 12.7.